The Labute approximate surface area is 261 Å². The van der Waals surface area contributed by atoms with Crippen LogP contribution in [-0.4, -0.2) is 9.13 Å². The first-order valence-electron chi connectivity index (χ1n) is 15.8. The Balaban J connectivity index is 1.58. The van der Waals surface area contributed by atoms with E-state index in [9.17, 15) is 0 Å². The van der Waals surface area contributed by atoms with E-state index in [1.165, 1.54) is 88.0 Å². The lowest BCUT2D eigenvalue weighted by Gasteiger charge is -2.23. The van der Waals surface area contributed by atoms with Crippen molar-refractivity contribution in [1.82, 2.24) is 9.13 Å². The summed E-state index contributed by atoms with van der Waals surface area (Å²) in [7, 11) is 0. The summed E-state index contributed by atoms with van der Waals surface area (Å²) in [6.45, 7) is 4.84. The van der Waals surface area contributed by atoms with E-state index >= 15 is 0 Å². The van der Waals surface area contributed by atoms with Gasteiger partial charge in [0.1, 0.15) is 0 Å². The van der Waals surface area contributed by atoms with Gasteiger partial charge in [-0.15, -0.1) is 0 Å². The Hall–Kier alpha value is -5.60. The van der Waals surface area contributed by atoms with E-state index in [4.69, 9.17) is 0 Å². The molecule has 0 saturated carbocycles. The van der Waals surface area contributed by atoms with Crippen molar-refractivity contribution in [2.75, 3.05) is 0 Å². The van der Waals surface area contributed by atoms with Gasteiger partial charge in [-0.05, 0) is 52.4 Å². The zero-order valence-corrected chi connectivity index (χ0v) is 25.3. The van der Waals surface area contributed by atoms with Crippen LogP contribution in [0.25, 0.3) is 76.9 Å². The quantitative estimate of drug-likeness (QED) is 0.194. The van der Waals surface area contributed by atoms with Gasteiger partial charge in [-0.25, -0.2) is 0 Å². The molecule has 1 aliphatic carbocycles. The van der Waals surface area contributed by atoms with E-state index in [2.05, 4.69) is 169 Å². The molecule has 2 aromatic heterocycles. The first-order valence-corrected chi connectivity index (χ1v) is 15.8. The molecule has 7 aromatic carbocycles. The summed E-state index contributed by atoms with van der Waals surface area (Å²) in [5.41, 5.74) is 12.7. The molecule has 0 N–H and O–H groups in total. The van der Waals surface area contributed by atoms with Gasteiger partial charge in [0.15, 0.2) is 0 Å². The Kier molecular flexibility index (Phi) is 4.82. The van der Waals surface area contributed by atoms with Crippen LogP contribution in [0, 0.1) is 0 Å². The number of para-hydroxylation sites is 3. The monoisotopic (exact) mass is 574 g/mol. The summed E-state index contributed by atoms with van der Waals surface area (Å²) >= 11 is 0. The largest absolute Gasteiger partial charge is 0.309 e. The maximum Gasteiger partial charge on any atom is 0.0644 e. The van der Waals surface area contributed by atoms with Gasteiger partial charge in [0.25, 0.3) is 0 Å². The molecule has 0 aliphatic heterocycles. The van der Waals surface area contributed by atoms with Gasteiger partial charge in [-0.3, -0.25) is 0 Å². The summed E-state index contributed by atoms with van der Waals surface area (Å²) in [4.78, 5) is 0. The highest BCUT2D eigenvalue weighted by Gasteiger charge is 2.41. The zero-order chi connectivity index (χ0) is 29.9. The molecule has 2 heterocycles. The van der Waals surface area contributed by atoms with E-state index < -0.39 is 0 Å². The smallest absolute Gasteiger partial charge is 0.0644 e. The third-order valence-corrected chi connectivity index (χ3v) is 10.2. The Morgan fingerprint density at radius 1 is 0.467 bits per heavy atom. The van der Waals surface area contributed by atoms with Gasteiger partial charge in [0.05, 0.1) is 27.8 Å². The molecular weight excluding hydrogens is 544 g/mol. The number of benzene rings is 7. The molecule has 0 unspecified atom stereocenters. The fraction of sp³-hybridized carbons (Fsp3) is 0.0698. The van der Waals surface area contributed by atoms with Gasteiger partial charge in [0.2, 0.25) is 0 Å². The van der Waals surface area contributed by atoms with Gasteiger partial charge < -0.3 is 9.13 Å². The molecule has 0 bridgehead atoms. The Morgan fingerprint density at radius 3 is 1.87 bits per heavy atom. The van der Waals surface area contributed by atoms with Crippen molar-refractivity contribution in [3.8, 4) is 22.5 Å². The molecule has 2 heteroatoms. The van der Waals surface area contributed by atoms with Crippen molar-refractivity contribution in [2.45, 2.75) is 19.3 Å². The lowest BCUT2D eigenvalue weighted by Crippen LogP contribution is -2.15. The number of rotatable bonds is 2. The van der Waals surface area contributed by atoms with E-state index in [0.29, 0.717) is 0 Å². The predicted molar refractivity (Wildman–Crippen MR) is 190 cm³/mol. The van der Waals surface area contributed by atoms with Crippen LogP contribution in [0.15, 0.2) is 146 Å². The number of hydrogen-bond donors (Lipinski definition) is 0. The fourth-order valence-electron chi connectivity index (χ4n) is 8.46. The third kappa shape index (κ3) is 3.09. The lowest BCUT2D eigenvalue weighted by molar-refractivity contribution is 0.667. The number of nitrogens with zero attached hydrogens (tertiary/aromatic N) is 2. The lowest BCUT2D eigenvalue weighted by atomic mass is 9.80. The van der Waals surface area contributed by atoms with Crippen LogP contribution in [0.2, 0.25) is 0 Å². The van der Waals surface area contributed by atoms with Crippen LogP contribution in [-0.2, 0) is 5.41 Å². The van der Waals surface area contributed by atoms with Gasteiger partial charge in [0, 0.05) is 43.6 Å². The standard InChI is InChI=1S/C43H30N2/c1-43(2)33-23-11-8-20-30(33)37-40(43)38-31-21-9-12-24-35(31)44(28-17-4-3-5-18-28)41(38)39-32-22-10-13-25-36(32)45(42(37)39)34-26-14-16-27-15-6-7-19-29(27)34/h3-26H,1-2H3. The molecule has 0 radical (unpaired) electrons. The molecule has 10 rings (SSSR count). The second kappa shape index (κ2) is 8.74. The molecule has 0 fully saturated rings. The van der Waals surface area contributed by atoms with Gasteiger partial charge >= 0.3 is 0 Å². The first-order chi connectivity index (χ1) is 22.1. The topological polar surface area (TPSA) is 9.86 Å². The van der Waals surface area contributed by atoms with E-state index in [1.54, 1.807) is 0 Å². The Bertz CT molecular complexity index is 2660. The van der Waals surface area contributed by atoms with Crippen LogP contribution in [0.3, 0.4) is 0 Å². The molecule has 9 aromatic rings. The van der Waals surface area contributed by atoms with Crippen molar-refractivity contribution in [2.24, 2.45) is 0 Å². The van der Waals surface area contributed by atoms with Gasteiger partial charge in [-0.2, -0.15) is 0 Å². The minimum absolute atomic E-state index is 0.190. The third-order valence-electron chi connectivity index (χ3n) is 10.2. The molecule has 0 saturated heterocycles. The van der Waals surface area contributed by atoms with Crippen molar-refractivity contribution >= 4 is 54.4 Å². The molecule has 0 atom stereocenters. The highest BCUT2D eigenvalue weighted by atomic mass is 15.0. The summed E-state index contributed by atoms with van der Waals surface area (Å²) in [5, 5.41) is 7.75. The summed E-state index contributed by atoms with van der Waals surface area (Å²) in [6, 6.07) is 53.5. The van der Waals surface area contributed by atoms with Crippen LogP contribution in [0.4, 0.5) is 0 Å². The molecule has 0 spiro atoms. The van der Waals surface area contributed by atoms with Crippen molar-refractivity contribution in [1.29, 1.82) is 0 Å². The van der Waals surface area contributed by atoms with Crippen molar-refractivity contribution in [3.63, 3.8) is 0 Å². The average Bonchev–Trinajstić information content (AvgIpc) is 3.68. The Morgan fingerprint density at radius 2 is 1.07 bits per heavy atom. The predicted octanol–water partition coefficient (Wildman–Crippen LogP) is 11.3. The average molecular weight is 575 g/mol. The fourth-order valence-corrected chi connectivity index (χ4v) is 8.46. The molecule has 2 nitrogen and oxygen atoms in total. The maximum absolute atomic E-state index is 2.57. The van der Waals surface area contributed by atoms with Crippen LogP contribution in [0.1, 0.15) is 25.0 Å². The van der Waals surface area contributed by atoms with Crippen LogP contribution in [0.5, 0.6) is 0 Å². The highest BCUT2D eigenvalue weighted by Crippen LogP contribution is 2.58. The first kappa shape index (κ1) is 24.8. The summed E-state index contributed by atoms with van der Waals surface area (Å²) in [5.74, 6) is 0. The van der Waals surface area contributed by atoms with Gasteiger partial charge in [-0.1, -0.05) is 129 Å². The second-order valence-electron chi connectivity index (χ2n) is 12.9. The molecule has 1 aliphatic rings. The van der Waals surface area contributed by atoms with Crippen molar-refractivity contribution < 1.29 is 0 Å². The minimum atomic E-state index is -0.190. The van der Waals surface area contributed by atoms with Crippen LogP contribution < -0.4 is 0 Å². The molecule has 0 amide bonds. The van der Waals surface area contributed by atoms with E-state index in [0.717, 1.165) is 0 Å². The second-order valence-corrected chi connectivity index (χ2v) is 12.9. The SMILES string of the molecule is CC1(C)c2ccccc2-c2c1c1c3ccccc3n(-c3ccccc3)c1c1c3ccccc3n(-c3cccc4ccccc34)c21. The van der Waals surface area contributed by atoms with E-state index in [-0.39, 0.29) is 5.41 Å². The maximum atomic E-state index is 2.57. The van der Waals surface area contributed by atoms with Crippen LogP contribution >= 0.6 is 0 Å². The number of hydrogen-bond acceptors (Lipinski definition) is 0. The molecule has 212 valence electrons. The zero-order valence-electron chi connectivity index (χ0n) is 25.3. The van der Waals surface area contributed by atoms with Crippen molar-refractivity contribution in [3.05, 3.63) is 157 Å². The highest BCUT2D eigenvalue weighted by molar-refractivity contribution is 6.32. The molecular formula is C43H30N2. The normalized spacial score (nSPS) is 13.7. The minimum Gasteiger partial charge on any atom is -0.309 e. The summed E-state index contributed by atoms with van der Waals surface area (Å²) in [6.07, 6.45) is 0. The number of fused-ring (bicyclic) bond motifs is 13. The number of aromatic nitrogens is 2. The van der Waals surface area contributed by atoms with E-state index in [1.807, 2.05) is 0 Å². The molecule has 45 heavy (non-hydrogen) atoms. The summed E-state index contributed by atoms with van der Waals surface area (Å²) < 4.78 is 5.09.